The zero-order chi connectivity index (χ0) is 37.5. The lowest BCUT2D eigenvalue weighted by Crippen LogP contribution is -2.06. The van der Waals surface area contributed by atoms with Crippen molar-refractivity contribution in [1.82, 2.24) is 19.5 Å². The molecular formula is C51H30N4OS. The van der Waals surface area contributed by atoms with E-state index in [2.05, 4.69) is 162 Å². The summed E-state index contributed by atoms with van der Waals surface area (Å²) in [6.45, 7) is 0. The van der Waals surface area contributed by atoms with Crippen LogP contribution in [0, 0.1) is 0 Å². The monoisotopic (exact) mass is 746 g/mol. The number of rotatable bonds is 5. The van der Waals surface area contributed by atoms with Crippen LogP contribution in [0.5, 0.6) is 0 Å². The van der Waals surface area contributed by atoms with Gasteiger partial charge in [-0.15, -0.1) is 11.3 Å². The minimum absolute atomic E-state index is 0.552. The van der Waals surface area contributed by atoms with Gasteiger partial charge in [0.2, 0.25) is 5.95 Å². The van der Waals surface area contributed by atoms with Gasteiger partial charge in [0, 0.05) is 52.8 Å². The summed E-state index contributed by atoms with van der Waals surface area (Å²) in [4.78, 5) is 16.0. The molecule has 0 amide bonds. The molecule has 0 saturated heterocycles. The lowest BCUT2D eigenvalue weighted by molar-refractivity contribution is 0.669. The van der Waals surface area contributed by atoms with Gasteiger partial charge >= 0.3 is 0 Å². The summed E-state index contributed by atoms with van der Waals surface area (Å²) in [6.07, 6.45) is 0. The largest absolute Gasteiger partial charge is 0.456 e. The Morgan fingerprint density at radius 1 is 0.386 bits per heavy atom. The molecule has 4 heterocycles. The van der Waals surface area contributed by atoms with Crippen molar-refractivity contribution in [3.05, 3.63) is 182 Å². The maximum absolute atomic E-state index is 6.57. The highest BCUT2D eigenvalue weighted by Gasteiger charge is 2.22. The van der Waals surface area contributed by atoms with Gasteiger partial charge in [0.15, 0.2) is 11.6 Å². The SMILES string of the molecule is c1ccc(-c2cccc(-c3nc(-c4cc(-c5ccccc5)c5c(c4)oc4ccccc45)nc(-n4c5ccccc5c5cc6sc7ccccc7c6cc54)n3)c2)cc1. The van der Waals surface area contributed by atoms with Crippen molar-refractivity contribution in [2.24, 2.45) is 0 Å². The molecule has 0 fully saturated rings. The van der Waals surface area contributed by atoms with Crippen LogP contribution < -0.4 is 0 Å². The van der Waals surface area contributed by atoms with Crippen LogP contribution in [0.1, 0.15) is 0 Å². The standard InChI is InChI=1S/C51H30N4OS/c1-3-14-31(15-4-1)33-18-13-19-34(26-33)49-52-50(35-27-39(32-16-5-2-6-17-32)48-38-22-8-11-24-44(38)56-45(48)28-35)54-51(53-49)55-42-23-10-7-20-36(42)40-30-47-41(29-43(40)55)37-21-9-12-25-46(37)57-47/h1-30H. The maximum Gasteiger partial charge on any atom is 0.238 e. The van der Waals surface area contributed by atoms with Crippen molar-refractivity contribution < 1.29 is 4.42 Å². The van der Waals surface area contributed by atoms with Crippen LogP contribution in [-0.2, 0) is 0 Å². The Hall–Kier alpha value is -7.41. The third-order valence-electron chi connectivity index (χ3n) is 11.0. The molecule has 57 heavy (non-hydrogen) atoms. The third kappa shape index (κ3) is 5.12. The number of aromatic nitrogens is 4. The molecule has 0 aliphatic rings. The zero-order valence-corrected chi connectivity index (χ0v) is 31.2. The highest BCUT2D eigenvalue weighted by Crippen LogP contribution is 2.42. The highest BCUT2D eigenvalue weighted by molar-refractivity contribution is 7.25. The van der Waals surface area contributed by atoms with Crippen molar-refractivity contribution in [2.75, 3.05) is 0 Å². The summed E-state index contributed by atoms with van der Waals surface area (Å²) in [5, 5.41) is 6.93. The molecule has 0 N–H and O–H groups in total. The van der Waals surface area contributed by atoms with Crippen LogP contribution in [0.15, 0.2) is 186 Å². The average Bonchev–Trinajstić information content (AvgIpc) is 3.95. The molecule has 0 spiro atoms. The van der Waals surface area contributed by atoms with E-state index in [1.807, 2.05) is 35.6 Å². The fourth-order valence-electron chi connectivity index (χ4n) is 8.42. The quantitative estimate of drug-likeness (QED) is 0.176. The number of fused-ring (bicyclic) bond motifs is 9. The molecular weight excluding hydrogens is 717 g/mol. The second-order valence-corrected chi connectivity index (χ2v) is 15.5. The van der Waals surface area contributed by atoms with Crippen LogP contribution in [0.3, 0.4) is 0 Å². The first-order valence-corrected chi connectivity index (χ1v) is 19.8. The minimum atomic E-state index is 0.552. The second-order valence-electron chi connectivity index (χ2n) is 14.4. The van der Waals surface area contributed by atoms with Crippen LogP contribution in [0.25, 0.3) is 115 Å². The van der Waals surface area contributed by atoms with E-state index in [4.69, 9.17) is 19.4 Å². The van der Waals surface area contributed by atoms with Crippen LogP contribution >= 0.6 is 11.3 Å². The molecule has 0 aliphatic heterocycles. The fraction of sp³-hybridized carbons (Fsp3) is 0. The van der Waals surface area contributed by atoms with E-state index in [0.717, 1.165) is 77.1 Å². The molecule has 0 aliphatic carbocycles. The van der Waals surface area contributed by atoms with Crippen LogP contribution in [0.2, 0.25) is 0 Å². The predicted octanol–water partition coefficient (Wildman–Crippen LogP) is 13.9. The van der Waals surface area contributed by atoms with E-state index in [9.17, 15) is 0 Å². The summed E-state index contributed by atoms with van der Waals surface area (Å²) in [7, 11) is 0. The van der Waals surface area contributed by atoms with E-state index < -0.39 is 0 Å². The molecule has 266 valence electrons. The van der Waals surface area contributed by atoms with Gasteiger partial charge in [-0.05, 0) is 70.8 Å². The summed E-state index contributed by atoms with van der Waals surface area (Å²) in [5.41, 5.74) is 9.83. The van der Waals surface area contributed by atoms with E-state index in [0.29, 0.717) is 17.6 Å². The number of benzene rings is 8. The topological polar surface area (TPSA) is 56.7 Å². The summed E-state index contributed by atoms with van der Waals surface area (Å²) in [5.74, 6) is 1.70. The Kier molecular flexibility index (Phi) is 7.03. The van der Waals surface area contributed by atoms with Gasteiger partial charge in [-0.1, -0.05) is 133 Å². The molecule has 0 radical (unpaired) electrons. The lowest BCUT2D eigenvalue weighted by Gasteiger charge is -2.13. The first-order valence-electron chi connectivity index (χ1n) is 19.0. The van der Waals surface area contributed by atoms with Crippen molar-refractivity contribution in [3.8, 4) is 51.0 Å². The third-order valence-corrected chi connectivity index (χ3v) is 12.2. The molecule has 4 aromatic heterocycles. The van der Waals surface area contributed by atoms with E-state index in [1.54, 1.807) is 0 Å². The van der Waals surface area contributed by atoms with Crippen molar-refractivity contribution in [1.29, 1.82) is 0 Å². The van der Waals surface area contributed by atoms with E-state index in [-0.39, 0.29) is 0 Å². The van der Waals surface area contributed by atoms with Crippen LogP contribution in [-0.4, -0.2) is 19.5 Å². The number of hydrogen-bond donors (Lipinski definition) is 0. The molecule has 6 heteroatoms. The molecule has 12 aromatic rings. The number of nitrogens with zero attached hydrogens (tertiary/aromatic N) is 4. The van der Waals surface area contributed by atoms with Crippen molar-refractivity contribution in [3.63, 3.8) is 0 Å². The normalized spacial score (nSPS) is 11.9. The minimum Gasteiger partial charge on any atom is -0.456 e. The smallest absolute Gasteiger partial charge is 0.238 e. The van der Waals surface area contributed by atoms with Gasteiger partial charge in [0.05, 0.1) is 11.0 Å². The molecule has 8 aromatic carbocycles. The molecule has 12 rings (SSSR count). The van der Waals surface area contributed by atoms with Gasteiger partial charge in [0.25, 0.3) is 0 Å². The number of furan rings is 1. The maximum atomic E-state index is 6.57. The summed E-state index contributed by atoms with van der Waals surface area (Å²) < 4.78 is 11.3. The lowest BCUT2D eigenvalue weighted by atomic mass is 9.97. The number of thiophene rings is 1. The highest BCUT2D eigenvalue weighted by atomic mass is 32.1. The second kappa shape index (κ2) is 12.6. The predicted molar refractivity (Wildman–Crippen MR) is 236 cm³/mol. The van der Waals surface area contributed by atoms with Gasteiger partial charge < -0.3 is 4.42 Å². The van der Waals surface area contributed by atoms with E-state index in [1.165, 1.54) is 20.2 Å². The Morgan fingerprint density at radius 3 is 1.89 bits per heavy atom. The molecule has 0 saturated carbocycles. The molecule has 0 atom stereocenters. The first-order chi connectivity index (χ1) is 28.2. The Bertz CT molecular complexity index is 3530. The Balaban J connectivity index is 1.16. The first kappa shape index (κ1) is 31.9. The number of hydrogen-bond acceptors (Lipinski definition) is 5. The summed E-state index contributed by atoms with van der Waals surface area (Å²) in [6, 6.07) is 63.7. The molecule has 0 bridgehead atoms. The Labute approximate surface area is 330 Å². The van der Waals surface area contributed by atoms with Gasteiger partial charge in [-0.2, -0.15) is 9.97 Å². The van der Waals surface area contributed by atoms with Gasteiger partial charge in [-0.3, -0.25) is 4.57 Å². The number of para-hydroxylation sites is 2. The van der Waals surface area contributed by atoms with E-state index >= 15 is 0 Å². The average molecular weight is 747 g/mol. The Morgan fingerprint density at radius 2 is 1.05 bits per heavy atom. The van der Waals surface area contributed by atoms with Gasteiger partial charge in [0.1, 0.15) is 11.2 Å². The fourth-order valence-corrected chi connectivity index (χ4v) is 9.55. The van der Waals surface area contributed by atoms with Crippen LogP contribution in [0.4, 0.5) is 0 Å². The van der Waals surface area contributed by atoms with Crippen molar-refractivity contribution >= 4 is 75.3 Å². The van der Waals surface area contributed by atoms with Crippen molar-refractivity contribution in [2.45, 2.75) is 0 Å². The summed E-state index contributed by atoms with van der Waals surface area (Å²) >= 11 is 1.83. The van der Waals surface area contributed by atoms with Gasteiger partial charge in [-0.25, -0.2) is 4.98 Å². The molecule has 5 nitrogen and oxygen atoms in total. The zero-order valence-electron chi connectivity index (χ0n) is 30.4. The molecule has 0 unspecified atom stereocenters.